The number of amides is 1. The molecule has 190 valence electrons. The molecule has 0 fully saturated rings. The normalized spacial score (nSPS) is 15.7. The van der Waals surface area contributed by atoms with E-state index < -0.39 is 23.5 Å². The minimum atomic E-state index is -1.07. The number of aromatic nitrogens is 2. The van der Waals surface area contributed by atoms with E-state index in [9.17, 15) is 19.1 Å². The summed E-state index contributed by atoms with van der Waals surface area (Å²) in [7, 11) is 0. The van der Waals surface area contributed by atoms with Gasteiger partial charge in [-0.1, -0.05) is 53.4 Å². The van der Waals surface area contributed by atoms with Crippen molar-refractivity contribution in [3.8, 4) is 0 Å². The summed E-state index contributed by atoms with van der Waals surface area (Å²) < 4.78 is 25.3. The molecular formula is C27H18FN3O5S2. The van der Waals surface area contributed by atoms with Crippen molar-refractivity contribution in [2.45, 2.75) is 23.1 Å². The van der Waals surface area contributed by atoms with E-state index >= 15 is 0 Å². The number of hydrogen-bond acceptors (Lipinski definition) is 9. The third kappa shape index (κ3) is 4.29. The average Bonchev–Trinajstić information content (AvgIpc) is 3.70. The number of rotatable bonds is 7. The van der Waals surface area contributed by atoms with Crippen LogP contribution in [0.15, 0.2) is 91.2 Å². The zero-order chi connectivity index (χ0) is 26.4. The van der Waals surface area contributed by atoms with Gasteiger partial charge in [0.25, 0.3) is 5.91 Å². The number of halogens is 1. The number of fused-ring (bicyclic) bond motifs is 1. The number of para-hydroxylation sites is 1. The summed E-state index contributed by atoms with van der Waals surface area (Å²) in [6, 6.07) is 17.1. The fourth-order valence-corrected chi connectivity index (χ4v) is 6.04. The van der Waals surface area contributed by atoms with E-state index in [1.165, 1.54) is 28.8 Å². The molecule has 0 saturated heterocycles. The fourth-order valence-electron chi connectivity index (χ4n) is 4.21. The monoisotopic (exact) mass is 547 g/mol. The number of aliphatic hydroxyl groups excluding tert-OH is 1. The van der Waals surface area contributed by atoms with Gasteiger partial charge >= 0.3 is 0 Å². The number of nitrogens with zero attached hydrogens (tertiary/aromatic N) is 3. The Hall–Kier alpha value is -4.22. The van der Waals surface area contributed by atoms with Crippen molar-refractivity contribution >= 4 is 50.9 Å². The SMILES string of the molecule is Cc1ccc([C@H]2C(C(=O)c3cc4ccccc4o3)=C(O)C(=O)N2c2nnc(SCc3ccc(F)cc3)s2)o1. The Kier molecular flexibility index (Phi) is 6.09. The van der Waals surface area contributed by atoms with Crippen molar-refractivity contribution in [2.24, 2.45) is 0 Å². The third-order valence-electron chi connectivity index (χ3n) is 6.01. The quantitative estimate of drug-likeness (QED) is 0.142. The molecule has 11 heteroatoms. The number of Topliss-reactive ketones (excluding diaryl/α,β-unsaturated/α-hetero) is 1. The Balaban J connectivity index is 1.34. The van der Waals surface area contributed by atoms with Crippen LogP contribution in [0, 0.1) is 12.7 Å². The van der Waals surface area contributed by atoms with Crippen LogP contribution in [0.25, 0.3) is 11.0 Å². The molecule has 1 amide bonds. The molecule has 4 heterocycles. The van der Waals surface area contributed by atoms with Crippen molar-refractivity contribution in [1.29, 1.82) is 0 Å². The van der Waals surface area contributed by atoms with Gasteiger partial charge in [0.2, 0.25) is 10.9 Å². The second-order valence-electron chi connectivity index (χ2n) is 8.53. The van der Waals surface area contributed by atoms with Crippen molar-refractivity contribution in [3.63, 3.8) is 0 Å². The minimum Gasteiger partial charge on any atom is -0.503 e. The van der Waals surface area contributed by atoms with Crippen LogP contribution in [0.3, 0.4) is 0 Å². The van der Waals surface area contributed by atoms with E-state index in [4.69, 9.17) is 8.83 Å². The van der Waals surface area contributed by atoms with E-state index in [1.54, 1.807) is 55.5 Å². The Morgan fingerprint density at radius 1 is 1.11 bits per heavy atom. The Morgan fingerprint density at radius 3 is 2.63 bits per heavy atom. The molecule has 5 aromatic rings. The van der Waals surface area contributed by atoms with Crippen LogP contribution < -0.4 is 4.90 Å². The van der Waals surface area contributed by atoms with Crippen LogP contribution >= 0.6 is 23.1 Å². The summed E-state index contributed by atoms with van der Waals surface area (Å²) in [6.07, 6.45) is 0. The van der Waals surface area contributed by atoms with Crippen LogP contribution in [0.2, 0.25) is 0 Å². The lowest BCUT2D eigenvalue weighted by molar-refractivity contribution is -0.117. The zero-order valence-corrected chi connectivity index (χ0v) is 21.4. The molecule has 0 radical (unpaired) electrons. The highest BCUT2D eigenvalue weighted by Gasteiger charge is 2.48. The Bertz CT molecular complexity index is 1690. The maximum Gasteiger partial charge on any atom is 0.296 e. The molecule has 6 rings (SSSR count). The highest BCUT2D eigenvalue weighted by Crippen LogP contribution is 2.44. The third-order valence-corrected chi connectivity index (χ3v) is 8.14. The zero-order valence-electron chi connectivity index (χ0n) is 19.8. The second-order valence-corrected chi connectivity index (χ2v) is 10.7. The number of anilines is 1. The molecule has 0 aliphatic carbocycles. The predicted octanol–water partition coefficient (Wildman–Crippen LogP) is 6.40. The highest BCUT2D eigenvalue weighted by molar-refractivity contribution is 8.00. The standard InChI is InChI=1S/C27H18FN3O5S2/c1-14-6-11-19(35-14)22-21(23(32)20-12-16-4-2-3-5-18(16)36-20)24(33)25(34)31(22)26-29-30-27(38-26)37-13-15-7-9-17(28)10-8-15/h2-12,22,33H,13H2,1H3/t22-/m0/s1. The number of hydrogen-bond donors (Lipinski definition) is 1. The molecule has 1 N–H and O–H groups in total. The lowest BCUT2D eigenvalue weighted by Crippen LogP contribution is -2.30. The molecule has 38 heavy (non-hydrogen) atoms. The summed E-state index contributed by atoms with van der Waals surface area (Å²) in [4.78, 5) is 28.2. The second kappa shape index (κ2) is 9.58. The molecule has 8 nitrogen and oxygen atoms in total. The topological polar surface area (TPSA) is 110 Å². The molecule has 0 saturated carbocycles. The van der Waals surface area contributed by atoms with Crippen LogP contribution in [0.1, 0.15) is 33.7 Å². The number of carbonyl (C=O) groups excluding carboxylic acids is 2. The summed E-state index contributed by atoms with van der Waals surface area (Å²) >= 11 is 2.51. The Labute approximate surface area is 223 Å². The first kappa shape index (κ1) is 24.1. The van der Waals surface area contributed by atoms with E-state index in [-0.39, 0.29) is 28.0 Å². The largest absolute Gasteiger partial charge is 0.503 e. The van der Waals surface area contributed by atoms with Crippen LogP contribution in [-0.2, 0) is 10.5 Å². The molecule has 0 spiro atoms. The number of aryl methyl sites for hydroxylation is 1. The molecule has 1 aliphatic rings. The molecule has 0 unspecified atom stereocenters. The molecule has 2 aromatic carbocycles. The van der Waals surface area contributed by atoms with Gasteiger partial charge in [0, 0.05) is 11.1 Å². The predicted molar refractivity (Wildman–Crippen MR) is 140 cm³/mol. The first-order valence-corrected chi connectivity index (χ1v) is 13.3. The van der Waals surface area contributed by atoms with Gasteiger partial charge in [-0.25, -0.2) is 4.39 Å². The number of thioether (sulfide) groups is 1. The number of benzene rings is 2. The van der Waals surface area contributed by atoms with E-state index in [0.717, 1.165) is 22.3 Å². The highest BCUT2D eigenvalue weighted by atomic mass is 32.2. The molecule has 1 atom stereocenters. The summed E-state index contributed by atoms with van der Waals surface area (Å²) in [6.45, 7) is 1.74. The van der Waals surface area contributed by atoms with Crippen LogP contribution in [-0.4, -0.2) is 27.0 Å². The molecular weight excluding hydrogens is 529 g/mol. The van der Waals surface area contributed by atoms with Gasteiger partial charge in [-0.05, 0) is 48.9 Å². The van der Waals surface area contributed by atoms with Crippen molar-refractivity contribution in [1.82, 2.24) is 10.2 Å². The van der Waals surface area contributed by atoms with Crippen molar-refractivity contribution in [2.75, 3.05) is 4.90 Å². The number of ketones is 1. The number of aliphatic hydroxyl groups is 1. The maximum atomic E-state index is 13.6. The number of carbonyl (C=O) groups is 2. The van der Waals surface area contributed by atoms with Gasteiger partial charge in [0.1, 0.15) is 29.0 Å². The van der Waals surface area contributed by atoms with E-state index in [2.05, 4.69) is 10.2 Å². The van der Waals surface area contributed by atoms with Crippen molar-refractivity contribution < 1.29 is 27.9 Å². The van der Waals surface area contributed by atoms with E-state index in [0.29, 0.717) is 21.4 Å². The fraction of sp³-hybridized carbons (Fsp3) is 0.111. The van der Waals surface area contributed by atoms with Gasteiger partial charge in [0.05, 0.1) is 5.57 Å². The lowest BCUT2D eigenvalue weighted by Gasteiger charge is -2.21. The Morgan fingerprint density at radius 2 is 1.89 bits per heavy atom. The van der Waals surface area contributed by atoms with Crippen LogP contribution in [0.5, 0.6) is 0 Å². The number of furan rings is 2. The first-order valence-electron chi connectivity index (χ1n) is 11.5. The van der Waals surface area contributed by atoms with Gasteiger partial charge in [-0.15, -0.1) is 10.2 Å². The summed E-state index contributed by atoms with van der Waals surface area (Å²) in [5.41, 5.74) is 1.24. The van der Waals surface area contributed by atoms with Crippen molar-refractivity contribution in [3.05, 3.63) is 107 Å². The molecule has 3 aromatic heterocycles. The summed E-state index contributed by atoms with van der Waals surface area (Å²) in [5, 5.41) is 20.2. The first-order chi connectivity index (χ1) is 18.4. The van der Waals surface area contributed by atoms with Crippen LogP contribution in [0.4, 0.5) is 9.52 Å². The molecule has 1 aliphatic heterocycles. The van der Waals surface area contributed by atoms with Gasteiger partial charge in [-0.2, -0.15) is 0 Å². The molecule has 0 bridgehead atoms. The minimum absolute atomic E-state index is 0.0107. The maximum absolute atomic E-state index is 13.6. The lowest BCUT2D eigenvalue weighted by atomic mass is 10.00. The summed E-state index contributed by atoms with van der Waals surface area (Å²) in [5.74, 6) is -1.09. The van der Waals surface area contributed by atoms with E-state index in [1.807, 2.05) is 6.07 Å². The van der Waals surface area contributed by atoms with Gasteiger partial charge in [-0.3, -0.25) is 14.5 Å². The average molecular weight is 548 g/mol. The van der Waals surface area contributed by atoms with Gasteiger partial charge in [0.15, 0.2) is 15.9 Å². The van der Waals surface area contributed by atoms with Gasteiger partial charge < -0.3 is 13.9 Å². The smallest absolute Gasteiger partial charge is 0.296 e.